The van der Waals surface area contributed by atoms with E-state index in [0.29, 0.717) is 6.10 Å². The molecule has 2 aliphatic carbocycles. The zero-order chi connectivity index (χ0) is 13.9. The molecule has 3 unspecified atom stereocenters. The average molecular weight is 275 g/mol. The number of aryl methyl sites for hydroxylation is 1. The first-order valence-corrected chi connectivity index (χ1v) is 7.84. The van der Waals surface area contributed by atoms with Gasteiger partial charge in [-0.2, -0.15) is 0 Å². The molecule has 20 heavy (non-hydrogen) atoms. The maximum Gasteiger partial charge on any atom is 0.120 e. The van der Waals surface area contributed by atoms with E-state index in [2.05, 4.69) is 18.2 Å². The van der Waals surface area contributed by atoms with Crippen LogP contribution in [-0.2, 0) is 11.2 Å². The number of fused-ring (bicyclic) bond motifs is 1. The number of ether oxygens (including phenoxy) is 2. The summed E-state index contributed by atoms with van der Waals surface area (Å²) in [4.78, 5) is 0. The Balaban J connectivity index is 1.70. The molecule has 1 aromatic carbocycles. The fourth-order valence-electron chi connectivity index (χ4n) is 3.50. The van der Waals surface area contributed by atoms with Gasteiger partial charge in [-0.05, 0) is 61.8 Å². The third kappa shape index (κ3) is 2.99. The maximum atomic E-state index is 6.22. The van der Waals surface area contributed by atoms with E-state index >= 15 is 0 Å². The van der Waals surface area contributed by atoms with Gasteiger partial charge in [-0.3, -0.25) is 0 Å². The van der Waals surface area contributed by atoms with Gasteiger partial charge in [0.1, 0.15) is 11.9 Å². The summed E-state index contributed by atoms with van der Waals surface area (Å²) in [5, 5.41) is 0. The Morgan fingerprint density at radius 3 is 2.80 bits per heavy atom. The van der Waals surface area contributed by atoms with Gasteiger partial charge in [0.2, 0.25) is 0 Å². The maximum absolute atomic E-state index is 6.22. The summed E-state index contributed by atoms with van der Waals surface area (Å²) in [6.07, 6.45) is 8.55. The van der Waals surface area contributed by atoms with Crippen LogP contribution in [0.4, 0.5) is 0 Å². The molecule has 3 rings (SSSR count). The van der Waals surface area contributed by atoms with Gasteiger partial charge in [0.25, 0.3) is 0 Å². The van der Waals surface area contributed by atoms with Crippen LogP contribution < -0.4 is 10.5 Å². The number of hydrogen-bond acceptors (Lipinski definition) is 3. The summed E-state index contributed by atoms with van der Waals surface area (Å²) in [5.41, 5.74) is 8.90. The molecule has 0 saturated heterocycles. The van der Waals surface area contributed by atoms with Gasteiger partial charge in [-0.1, -0.05) is 6.07 Å². The quantitative estimate of drug-likeness (QED) is 0.920. The highest BCUT2D eigenvalue weighted by molar-refractivity contribution is 5.39. The van der Waals surface area contributed by atoms with Crippen molar-refractivity contribution in [2.24, 2.45) is 5.73 Å². The highest BCUT2D eigenvalue weighted by Crippen LogP contribution is 2.32. The smallest absolute Gasteiger partial charge is 0.120 e. The molecular formula is C17H25NO2. The lowest BCUT2D eigenvalue weighted by molar-refractivity contribution is 0.0209. The van der Waals surface area contributed by atoms with E-state index < -0.39 is 0 Å². The minimum Gasteiger partial charge on any atom is -0.490 e. The van der Waals surface area contributed by atoms with Crippen molar-refractivity contribution in [3.8, 4) is 5.75 Å². The first-order chi connectivity index (χ1) is 9.76. The second kappa shape index (κ2) is 6.15. The van der Waals surface area contributed by atoms with E-state index in [4.69, 9.17) is 15.2 Å². The van der Waals surface area contributed by atoms with Gasteiger partial charge in [0.15, 0.2) is 0 Å². The van der Waals surface area contributed by atoms with Crippen LogP contribution in [0.1, 0.15) is 55.7 Å². The minimum atomic E-state index is 0.181. The van der Waals surface area contributed by atoms with Crippen molar-refractivity contribution < 1.29 is 9.47 Å². The highest BCUT2D eigenvalue weighted by atomic mass is 16.5. The number of methoxy groups -OCH3 is 1. The molecule has 0 spiro atoms. The van der Waals surface area contributed by atoms with Gasteiger partial charge in [-0.25, -0.2) is 0 Å². The van der Waals surface area contributed by atoms with Crippen LogP contribution in [0.15, 0.2) is 18.2 Å². The Bertz CT molecular complexity index is 460. The van der Waals surface area contributed by atoms with Crippen LogP contribution in [0.2, 0.25) is 0 Å². The van der Waals surface area contributed by atoms with E-state index in [1.54, 1.807) is 7.11 Å². The van der Waals surface area contributed by atoms with Crippen molar-refractivity contribution >= 4 is 0 Å². The lowest BCUT2D eigenvalue weighted by Gasteiger charge is -2.29. The Hall–Kier alpha value is -1.06. The molecule has 0 aromatic heterocycles. The number of nitrogens with two attached hydrogens (primary N) is 1. The standard InChI is InChI=1S/C17H25NO2/c1-19-13-5-3-6-14(10-13)20-15-9-8-12-4-2-7-17(18)16(12)11-15/h8-9,11,13-14,17H,2-7,10,18H2,1H3. The molecule has 0 bridgehead atoms. The van der Waals surface area contributed by atoms with Crippen LogP contribution in [-0.4, -0.2) is 19.3 Å². The highest BCUT2D eigenvalue weighted by Gasteiger charge is 2.24. The SMILES string of the molecule is COC1CCCC(Oc2ccc3c(c2)C(N)CCC3)C1. The molecule has 3 heteroatoms. The predicted molar refractivity (Wildman–Crippen MR) is 80.0 cm³/mol. The molecule has 1 fully saturated rings. The van der Waals surface area contributed by atoms with Crippen molar-refractivity contribution in [1.82, 2.24) is 0 Å². The van der Waals surface area contributed by atoms with E-state index in [1.165, 1.54) is 24.0 Å². The number of benzene rings is 1. The fraction of sp³-hybridized carbons (Fsp3) is 0.647. The molecule has 3 nitrogen and oxygen atoms in total. The molecular weight excluding hydrogens is 250 g/mol. The van der Waals surface area contributed by atoms with Crippen LogP contribution >= 0.6 is 0 Å². The van der Waals surface area contributed by atoms with Gasteiger partial charge in [0, 0.05) is 19.6 Å². The van der Waals surface area contributed by atoms with Crippen LogP contribution in [0.5, 0.6) is 5.75 Å². The molecule has 1 aromatic rings. The molecule has 1 saturated carbocycles. The van der Waals surface area contributed by atoms with Crippen molar-refractivity contribution in [3.05, 3.63) is 29.3 Å². The van der Waals surface area contributed by atoms with Gasteiger partial charge < -0.3 is 15.2 Å². The van der Waals surface area contributed by atoms with Crippen molar-refractivity contribution in [1.29, 1.82) is 0 Å². The summed E-state index contributed by atoms with van der Waals surface area (Å²) in [7, 11) is 1.80. The first kappa shape index (κ1) is 13.9. The fourth-order valence-corrected chi connectivity index (χ4v) is 3.50. The van der Waals surface area contributed by atoms with Crippen molar-refractivity contribution in [2.75, 3.05) is 7.11 Å². The number of rotatable bonds is 3. The minimum absolute atomic E-state index is 0.181. The molecule has 3 atom stereocenters. The summed E-state index contributed by atoms with van der Waals surface area (Å²) in [5.74, 6) is 0.975. The monoisotopic (exact) mass is 275 g/mol. The predicted octanol–water partition coefficient (Wildman–Crippen LogP) is 3.36. The zero-order valence-corrected chi connectivity index (χ0v) is 12.3. The van der Waals surface area contributed by atoms with E-state index in [1.807, 2.05) is 0 Å². The molecule has 0 aliphatic heterocycles. The van der Waals surface area contributed by atoms with Gasteiger partial charge >= 0.3 is 0 Å². The van der Waals surface area contributed by atoms with Gasteiger partial charge in [0.05, 0.1) is 6.10 Å². The van der Waals surface area contributed by atoms with Crippen LogP contribution in [0, 0.1) is 0 Å². The largest absolute Gasteiger partial charge is 0.490 e. The first-order valence-electron chi connectivity index (χ1n) is 7.84. The van der Waals surface area contributed by atoms with Crippen LogP contribution in [0.3, 0.4) is 0 Å². The lowest BCUT2D eigenvalue weighted by Crippen LogP contribution is -2.29. The Labute approximate surface area is 121 Å². The number of hydrogen-bond donors (Lipinski definition) is 1. The summed E-state index contributed by atoms with van der Waals surface area (Å²) < 4.78 is 11.6. The van der Waals surface area contributed by atoms with Crippen molar-refractivity contribution in [2.45, 2.75) is 63.2 Å². The Morgan fingerprint density at radius 2 is 1.95 bits per heavy atom. The second-order valence-electron chi connectivity index (χ2n) is 6.12. The molecule has 0 heterocycles. The molecule has 0 amide bonds. The van der Waals surface area contributed by atoms with E-state index in [0.717, 1.165) is 37.9 Å². The molecule has 0 radical (unpaired) electrons. The Morgan fingerprint density at radius 1 is 1.10 bits per heavy atom. The van der Waals surface area contributed by atoms with Gasteiger partial charge in [-0.15, -0.1) is 0 Å². The molecule has 110 valence electrons. The zero-order valence-electron chi connectivity index (χ0n) is 12.3. The lowest BCUT2D eigenvalue weighted by atomic mass is 9.88. The van der Waals surface area contributed by atoms with E-state index in [-0.39, 0.29) is 12.1 Å². The normalized spacial score (nSPS) is 29.8. The van der Waals surface area contributed by atoms with E-state index in [9.17, 15) is 0 Å². The van der Waals surface area contributed by atoms with Crippen LogP contribution in [0.25, 0.3) is 0 Å². The average Bonchev–Trinajstić information content (AvgIpc) is 2.48. The third-order valence-corrected chi connectivity index (χ3v) is 4.69. The molecule has 2 aliphatic rings. The topological polar surface area (TPSA) is 44.5 Å². The summed E-state index contributed by atoms with van der Waals surface area (Å²) >= 11 is 0. The Kier molecular flexibility index (Phi) is 4.27. The molecule has 2 N–H and O–H groups in total. The second-order valence-corrected chi connectivity index (χ2v) is 6.12. The van der Waals surface area contributed by atoms with Crippen molar-refractivity contribution in [3.63, 3.8) is 0 Å². The third-order valence-electron chi connectivity index (χ3n) is 4.69. The summed E-state index contributed by atoms with van der Waals surface area (Å²) in [6, 6.07) is 6.64. The summed E-state index contributed by atoms with van der Waals surface area (Å²) in [6.45, 7) is 0.